The van der Waals surface area contributed by atoms with Crippen molar-refractivity contribution in [3.63, 3.8) is 0 Å². The van der Waals surface area contributed by atoms with E-state index in [1.54, 1.807) is 0 Å². The highest BCUT2D eigenvalue weighted by Crippen LogP contribution is 2.48. The molecule has 4 heterocycles. The van der Waals surface area contributed by atoms with E-state index in [1.165, 1.54) is 20.7 Å². The summed E-state index contributed by atoms with van der Waals surface area (Å²) in [6, 6.07) is 43.1. The van der Waals surface area contributed by atoms with Crippen LogP contribution in [0.25, 0.3) is 0 Å². The van der Waals surface area contributed by atoms with Gasteiger partial charge in [-0.15, -0.1) is 0 Å². The van der Waals surface area contributed by atoms with Crippen molar-refractivity contribution in [2.24, 2.45) is 0 Å². The van der Waals surface area contributed by atoms with E-state index in [1.807, 2.05) is 13.8 Å². The molecular formula is C50H64O8Si2. The molecule has 4 aromatic carbocycles. The molecule has 4 aromatic rings. The lowest BCUT2D eigenvalue weighted by Crippen LogP contribution is -2.73. The maximum atomic E-state index is 12.0. The number of benzene rings is 4. The molecule has 320 valence electrons. The van der Waals surface area contributed by atoms with Crippen LogP contribution in [0.5, 0.6) is 0 Å². The second-order valence-corrected chi connectivity index (χ2v) is 28.2. The highest BCUT2D eigenvalue weighted by atomic mass is 28.4. The zero-order chi connectivity index (χ0) is 42.3. The molecule has 8 rings (SSSR count). The van der Waals surface area contributed by atoms with Gasteiger partial charge in [-0.2, -0.15) is 0 Å². The van der Waals surface area contributed by atoms with Crippen LogP contribution >= 0.6 is 0 Å². The lowest BCUT2D eigenvalue weighted by Gasteiger charge is -2.53. The van der Waals surface area contributed by atoms with Crippen LogP contribution in [0.15, 0.2) is 121 Å². The van der Waals surface area contributed by atoms with Gasteiger partial charge in [-0.25, -0.2) is 0 Å². The van der Waals surface area contributed by atoms with Crippen LogP contribution in [0.4, 0.5) is 0 Å². The summed E-state index contributed by atoms with van der Waals surface area (Å²) in [5.41, 5.74) is 0. The molecule has 0 spiro atoms. The smallest absolute Gasteiger partial charge is 0.261 e. The molecule has 8 nitrogen and oxygen atoms in total. The zero-order valence-electron chi connectivity index (χ0n) is 36.6. The predicted molar refractivity (Wildman–Crippen MR) is 240 cm³/mol. The van der Waals surface area contributed by atoms with Gasteiger partial charge in [0.2, 0.25) is 0 Å². The van der Waals surface area contributed by atoms with E-state index in [9.17, 15) is 4.79 Å². The van der Waals surface area contributed by atoms with E-state index in [0.29, 0.717) is 19.4 Å². The van der Waals surface area contributed by atoms with Gasteiger partial charge in [0.05, 0.1) is 31.0 Å². The average Bonchev–Trinajstić information content (AvgIpc) is 3.76. The lowest BCUT2D eigenvalue weighted by atomic mass is 9.88. The third-order valence-corrected chi connectivity index (χ3v) is 23.3. The molecule has 0 amide bonds. The number of carbonyl (C=O) groups excluding carboxylic acids is 1. The van der Waals surface area contributed by atoms with E-state index in [4.69, 9.17) is 32.5 Å². The van der Waals surface area contributed by atoms with Crippen molar-refractivity contribution >= 4 is 43.7 Å². The average molecular weight is 849 g/mol. The largest absolute Gasteiger partial charge is 0.399 e. The molecule has 4 aliphatic heterocycles. The fourth-order valence-electron chi connectivity index (χ4n) is 10.6. The summed E-state index contributed by atoms with van der Waals surface area (Å²) in [4.78, 5) is 12.0. The molecule has 9 atom stereocenters. The normalized spacial score (nSPS) is 29.4. The van der Waals surface area contributed by atoms with Gasteiger partial charge < -0.3 is 37.3 Å². The van der Waals surface area contributed by atoms with Crippen molar-refractivity contribution in [1.82, 2.24) is 0 Å². The summed E-state index contributed by atoms with van der Waals surface area (Å²) in [6.45, 7) is 18.2. The number of rotatable bonds is 12. The number of fused-ring (bicyclic) bond motifs is 2. The van der Waals surface area contributed by atoms with Crippen LogP contribution < -0.4 is 20.7 Å². The van der Waals surface area contributed by atoms with Gasteiger partial charge in [-0.3, -0.25) is 0 Å². The number of aldehydes is 1. The van der Waals surface area contributed by atoms with Gasteiger partial charge in [0.15, 0.2) is 5.79 Å². The first-order valence-corrected chi connectivity index (χ1v) is 25.8. The maximum absolute atomic E-state index is 12.0. The van der Waals surface area contributed by atoms with Crippen LogP contribution in [-0.2, 0) is 37.3 Å². The third kappa shape index (κ3) is 8.08. The Kier molecular flexibility index (Phi) is 12.4. The Bertz CT molecular complexity index is 1940. The summed E-state index contributed by atoms with van der Waals surface area (Å²) < 4.78 is 50.7. The molecule has 0 radical (unpaired) electrons. The first-order valence-electron chi connectivity index (χ1n) is 22.0. The molecular weight excluding hydrogens is 785 g/mol. The Morgan fingerprint density at radius 1 is 0.600 bits per heavy atom. The number of hydrogen-bond donors (Lipinski definition) is 0. The quantitative estimate of drug-likeness (QED) is 0.111. The van der Waals surface area contributed by atoms with E-state index < -0.39 is 59.0 Å². The fraction of sp³-hybridized carbons (Fsp3) is 0.500. The van der Waals surface area contributed by atoms with Crippen LogP contribution in [0, 0.1) is 0 Å². The van der Waals surface area contributed by atoms with Gasteiger partial charge in [0.1, 0.15) is 36.8 Å². The van der Waals surface area contributed by atoms with E-state index in [0.717, 1.165) is 19.1 Å². The molecule has 0 aliphatic carbocycles. The van der Waals surface area contributed by atoms with Gasteiger partial charge in [0, 0.05) is 12.8 Å². The molecule has 0 aromatic heterocycles. The molecule has 4 saturated heterocycles. The Balaban J connectivity index is 1.30. The molecule has 10 heteroatoms. The summed E-state index contributed by atoms with van der Waals surface area (Å²) in [7, 11) is -6.28. The molecule has 0 N–H and O–H groups in total. The first-order chi connectivity index (χ1) is 28.7. The van der Waals surface area contributed by atoms with Crippen LogP contribution in [0.1, 0.15) is 81.1 Å². The van der Waals surface area contributed by atoms with E-state index >= 15 is 0 Å². The number of ether oxygens (including phenoxy) is 5. The Hall–Kier alpha value is -3.30. The zero-order valence-corrected chi connectivity index (χ0v) is 38.6. The summed E-state index contributed by atoms with van der Waals surface area (Å²) >= 11 is 0. The van der Waals surface area contributed by atoms with Crippen molar-refractivity contribution < 1.29 is 37.3 Å². The highest BCUT2D eigenvalue weighted by molar-refractivity contribution is 7.00. The molecule has 0 saturated carbocycles. The SMILES string of the molecule is CC1(C)OCC(C[C@H]2O[C@H]3[C@@H](O[Si](c4ccccc4)(c4ccccc4)C(C)(C)C)[C@H]4O[C@@H](CC=O)CC[C@@H]4O[C@H]3[C@H]2O[Si](c2ccccc2)(c2ccccc2)C(C)(C)C)O1. The third-order valence-electron chi connectivity index (χ3n) is 13.2. The maximum Gasteiger partial charge on any atom is 0.261 e. The van der Waals surface area contributed by atoms with Crippen molar-refractivity contribution in [3.05, 3.63) is 121 Å². The topological polar surface area (TPSA) is 81.7 Å². The monoisotopic (exact) mass is 848 g/mol. The van der Waals surface area contributed by atoms with Crippen molar-refractivity contribution in [1.29, 1.82) is 0 Å². The van der Waals surface area contributed by atoms with Crippen molar-refractivity contribution in [2.45, 2.75) is 152 Å². The van der Waals surface area contributed by atoms with E-state index in [2.05, 4.69) is 163 Å². The van der Waals surface area contributed by atoms with Gasteiger partial charge in [-0.1, -0.05) is 163 Å². The van der Waals surface area contributed by atoms with Crippen molar-refractivity contribution in [3.8, 4) is 0 Å². The Labute approximate surface area is 359 Å². The molecule has 4 aliphatic rings. The van der Waals surface area contributed by atoms with Gasteiger partial charge in [-0.05, 0) is 57.5 Å². The molecule has 1 unspecified atom stereocenters. The van der Waals surface area contributed by atoms with Crippen LogP contribution in [-0.4, -0.2) is 90.3 Å². The van der Waals surface area contributed by atoms with Gasteiger partial charge >= 0.3 is 0 Å². The number of carbonyl (C=O) groups is 1. The Morgan fingerprint density at radius 3 is 1.47 bits per heavy atom. The summed E-state index contributed by atoms with van der Waals surface area (Å²) in [5.74, 6) is -0.702. The standard InChI is InChI=1S/C50H64O8Si2/c1-48(2,3)59(37-21-13-9-14-22-37,38-23-15-10-16-24-38)57-44-42(33-36-34-52-50(7,8)56-36)55-46-45(44)54-41-30-29-35(31-32-51)53-43(41)47(46)58-60(49(4,5)6,39-25-17-11-18-26-39)40-27-19-12-20-28-40/h9-28,32,35-36,41-47H,29-31,33-34H2,1-8H3/t35-,36?,41+,42-,43+,44+,45+,46-,47+/m1/s1. The molecule has 60 heavy (non-hydrogen) atoms. The summed E-state index contributed by atoms with van der Waals surface area (Å²) in [5, 5.41) is 4.15. The minimum Gasteiger partial charge on any atom is -0.399 e. The number of hydrogen-bond acceptors (Lipinski definition) is 8. The van der Waals surface area contributed by atoms with Crippen molar-refractivity contribution in [2.75, 3.05) is 6.61 Å². The van der Waals surface area contributed by atoms with Gasteiger partial charge in [0.25, 0.3) is 16.6 Å². The Morgan fingerprint density at radius 2 is 1.05 bits per heavy atom. The first kappa shape index (κ1) is 43.4. The molecule has 4 fully saturated rings. The highest BCUT2D eigenvalue weighted by Gasteiger charge is 2.64. The minimum atomic E-state index is -3.16. The lowest BCUT2D eigenvalue weighted by molar-refractivity contribution is -0.254. The predicted octanol–water partition coefficient (Wildman–Crippen LogP) is 7.09. The fourth-order valence-corrected chi connectivity index (χ4v) is 20.0. The molecule has 0 bridgehead atoms. The summed E-state index contributed by atoms with van der Waals surface area (Å²) in [6.07, 6.45) is -0.379. The second-order valence-electron chi connectivity index (χ2n) is 19.7. The second kappa shape index (κ2) is 17.1. The van der Waals surface area contributed by atoms with Crippen LogP contribution in [0.3, 0.4) is 0 Å². The minimum absolute atomic E-state index is 0.207. The van der Waals surface area contributed by atoms with E-state index in [-0.39, 0.29) is 28.4 Å². The van der Waals surface area contributed by atoms with Crippen LogP contribution in [0.2, 0.25) is 10.1 Å².